The molecule has 0 spiro atoms. The van der Waals surface area contributed by atoms with Gasteiger partial charge in [-0.3, -0.25) is 0 Å². The largest absolute Gasteiger partial charge is 0.424 e. The van der Waals surface area contributed by atoms with Crippen molar-refractivity contribution in [2.75, 3.05) is 7.05 Å². The van der Waals surface area contributed by atoms with E-state index in [0.717, 1.165) is 29.1 Å². The van der Waals surface area contributed by atoms with Crippen LogP contribution in [0.5, 0.6) is 11.8 Å². The number of aromatic nitrogens is 2. The summed E-state index contributed by atoms with van der Waals surface area (Å²) < 4.78 is 5.61. The van der Waals surface area contributed by atoms with E-state index in [9.17, 15) is 0 Å². The topological polar surface area (TPSA) is 47.0 Å². The van der Waals surface area contributed by atoms with Crippen LogP contribution >= 0.6 is 11.6 Å². The molecule has 19 heavy (non-hydrogen) atoms. The standard InChI is InChI=1S/C14H16ClN3O/c1-3-11-6-12(4-5-13(11)15)19-14-17-8-10(7-16-2)9-18-14/h4-6,8-9,16H,3,7H2,1-2H3. The van der Waals surface area contributed by atoms with E-state index < -0.39 is 0 Å². The first-order valence-electron chi connectivity index (χ1n) is 6.14. The van der Waals surface area contributed by atoms with Crippen molar-refractivity contribution >= 4 is 11.6 Å². The van der Waals surface area contributed by atoms with Gasteiger partial charge in [0.15, 0.2) is 0 Å². The molecule has 0 amide bonds. The smallest absolute Gasteiger partial charge is 0.321 e. The van der Waals surface area contributed by atoms with Crippen LogP contribution in [0.15, 0.2) is 30.6 Å². The summed E-state index contributed by atoms with van der Waals surface area (Å²) in [6.45, 7) is 2.79. The van der Waals surface area contributed by atoms with Crippen molar-refractivity contribution in [1.82, 2.24) is 15.3 Å². The maximum atomic E-state index is 6.06. The van der Waals surface area contributed by atoms with Gasteiger partial charge in [0.1, 0.15) is 5.75 Å². The third-order valence-corrected chi connectivity index (χ3v) is 3.04. The van der Waals surface area contributed by atoms with Gasteiger partial charge in [-0.15, -0.1) is 0 Å². The van der Waals surface area contributed by atoms with Crippen LogP contribution in [0.4, 0.5) is 0 Å². The SMILES string of the molecule is CCc1cc(Oc2ncc(CNC)cn2)ccc1Cl. The van der Waals surface area contributed by atoms with Gasteiger partial charge in [-0.2, -0.15) is 0 Å². The Hall–Kier alpha value is -1.65. The van der Waals surface area contributed by atoms with E-state index in [0.29, 0.717) is 11.8 Å². The summed E-state index contributed by atoms with van der Waals surface area (Å²) in [4.78, 5) is 8.33. The minimum absolute atomic E-state index is 0.337. The Morgan fingerprint density at radius 2 is 2.00 bits per heavy atom. The molecule has 0 unspecified atom stereocenters. The first kappa shape index (κ1) is 13.8. The van der Waals surface area contributed by atoms with Gasteiger partial charge in [-0.05, 0) is 37.2 Å². The second kappa shape index (κ2) is 6.50. The molecule has 0 saturated carbocycles. The molecule has 1 heterocycles. The van der Waals surface area contributed by atoms with Crippen LogP contribution < -0.4 is 10.1 Å². The highest BCUT2D eigenvalue weighted by atomic mass is 35.5. The number of hydrogen-bond acceptors (Lipinski definition) is 4. The van der Waals surface area contributed by atoms with Crippen LogP contribution in [-0.4, -0.2) is 17.0 Å². The second-order valence-electron chi connectivity index (χ2n) is 4.11. The molecule has 0 bridgehead atoms. The van der Waals surface area contributed by atoms with E-state index in [1.54, 1.807) is 12.4 Å². The van der Waals surface area contributed by atoms with Crippen LogP contribution in [0.3, 0.4) is 0 Å². The summed E-state index contributed by atoms with van der Waals surface area (Å²) in [6, 6.07) is 5.88. The van der Waals surface area contributed by atoms with E-state index >= 15 is 0 Å². The highest BCUT2D eigenvalue weighted by Gasteiger charge is 2.04. The van der Waals surface area contributed by atoms with Gasteiger partial charge in [0.05, 0.1) is 0 Å². The van der Waals surface area contributed by atoms with Gasteiger partial charge < -0.3 is 10.1 Å². The van der Waals surface area contributed by atoms with Crippen molar-refractivity contribution in [2.24, 2.45) is 0 Å². The molecule has 1 N–H and O–H groups in total. The summed E-state index contributed by atoms with van der Waals surface area (Å²) in [5.41, 5.74) is 2.06. The van der Waals surface area contributed by atoms with E-state index in [1.165, 1.54) is 0 Å². The predicted octanol–water partition coefficient (Wildman–Crippen LogP) is 3.20. The monoisotopic (exact) mass is 277 g/mol. The molecule has 2 rings (SSSR count). The highest BCUT2D eigenvalue weighted by molar-refractivity contribution is 6.31. The molecule has 1 aromatic carbocycles. The molecule has 0 saturated heterocycles. The van der Waals surface area contributed by atoms with Crippen molar-refractivity contribution in [3.8, 4) is 11.8 Å². The normalized spacial score (nSPS) is 10.5. The minimum Gasteiger partial charge on any atom is -0.424 e. The molecule has 0 atom stereocenters. The number of ether oxygens (including phenoxy) is 1. The number of aryl methyl sites for hydroxylation is 1. The summed E-state index contributed by atoms with van der Waals surface area (Å²) in [5, 5.41) is 3.79. The van der Waals surface area contributed by atoms with Crippen LogP contribution in [-0.2, 0) is 13.0 Å². The fourth-order valence-electron chi connectivity index (χ4n) is 1.68. The van der Waals surface area contributed by atoms with Gasteiger partial charge in [-0.1, -0.05) is 18.5 Å². The average Bonchev–Trinajstić information content (AvgIpc) is 2.43. The number of halogens is 1. The lowest BCUT2D eigenvalue weighted by Crippen LogP contribution is -2.06. The van der Waals surface area contributed by atoms with Crippen molar-refractivity contribution in [2.45, 2.75) is 19.9 Å². The lowest BCUT2D eigenvalue weighted by molar-refractivity contribution is 0.440. The number of benzene rings is 1. The van der Waals surface area contributed by atoms with Crippen molar-refractivity contribution in [3.05, 3.63) is 46.7 Å². The van der Waals surface area contributed by atoms with Gasteiger partial charge >= 0.3 is 6.01 Å². The predicted molar refractivity (Wildman–Crippen MR) is 75.7 cm³/mol. The zero-order valence-electron chi connectivity index (χ0n) is 11.0. The summed E-state index contributed by atoms with van der Waals surface area (Å²) >= 11 is 6.06. The summed E-state index contributed by atoms with van der Waals surface area (Å²) in [7, 11) is 1.88. The van der Waals surface area contributed by atoms with E-state index in [1.807, 2.05) is 32.2 Å². The van der Waals surface area contributed by atoms with Gasteiger partial charge in [0.25, 0.3) is 0 Å². The Morgan fingerprint density at radius 3 is 2.63 bits per heavy atom. The average molecular weight is 278 g/mol. The molecule has 0 radical (unpaired) electrons. The third-order valence-electron chi connectivity index (χ3n) is 2.67. The number of rotatable bonds is 5. The van der Waals surface area contributed by atoms with Gasteiger partial charge in [0, 0.05) is 29.5 Å². The Morgan fingerprint density at radius 1 is 1.26 bits per heavy atom. The summed E-state index contributed by atoms with van der Waals surface area (Å²) in [5.74, 6) is 0.697. The molecule has 5 heteroatoms. The molecule has 0 aliphatic carbocycles. The van der Waals surface area contributed by atoms with Crippen molar-refractivity contribution in [3.63, 3.8) is 0 Å². The van der Waals surface area contributed by atoms with Crippen LogP contribution in [0.25, 0.3) is 0 Å². The molecule has 4 nitrogen and oxygen atoms in total. The van der Waals surface area contributed by atoms with Crippen LogP contribution in [0.2, 0.25) is 5.02 Å². The molecular formula is C14H16ClN3O. The Bertz CT molecular complexity index is 543. The third kappa shape index (κ3) is 3.66. The van der Waals surface area contributed by atoms with Crippen molar-refractivity contribution < 1.29 is 4.74 Å². The first-order valence-corrected chi connectivity index (χ1v) is 6.52. The fourth-order valence-corrected chi connectivity index (χ4v) is 1.93. The summed E-state index contributed by atoms with van der Waals surface area (Å²) in [6.07, 6.45) is 4.35. The van der Waals surface area contributed by atoms with Gasteiger partial charge in [-0.25, -0.2) is 9.97 Å². The maximum Gasteiger partial charge on any atom is 0.321 e. The lowest BCUT2D eigenvalue weighted by Gasteiger charge is -2.07. The Balaban J connectivity index is 2.12. The zero-order valence-corrected chi connectivity index (χ0v) is 11.7. The molecule has 0 aliphatic rings. The number of hydrogen-bond donors (Lipinski definition) is 1. The molecule has 100 valence electrons. The van der Waals surface area contributed by atoms with Crippen molar-refractivity contribution in [1.29, 1.82) is 0 Å². The number of nitrogens with zero attached hydrogens (tertiary/aromatic N) is 2. The fraction of sp³-hybridized carbons (Fsp3) is 0.286. The Labute approximate surface area is 117 Å². The number of nitrogens with one attached hydrogen (secondary N) is 1. The van der Waals surface area contributed by atoms with E-state index in [-0.39, 0.29) is 0 Å². The molecule has 0 aliphatic heterocycles. The molecule has 2 aromatic rings. The quantitative estimate of drug-likeness (QED) is 0.912. The first-order chi connectivity index (χ1) is 9.22. The molecule has 1 aromatic heterocycles. The lowest BCUT2D eigenvalue weighted by atomic mass is 10.1. The maximum absolute atomic E-state index is 6.06. The Kier molecular flexibility index (Phi) is 4.71. The van der Waals surface area contributed by atoms with E-state index in [2.05, 4.69) is 15.3 Å². The minimum atomic E-state index is 0.337. The van der Waals surface area contributed by atoms with Gasteiger partial charge in [0.2, 0.25) is 0 Å². The van der Waals surface area contributed by atoms with E-state index in [4.69, 9.17) is 16.3 Å². The highest BCUT2D eigenvalue weighted by Crippen LogP contribution is 2.25. The molecule has 0 fully saturated rings. The van der Waals surface area contributed by atoms with Crippen LogP contribution in [0, 0.1) is 0 Å². The molecular weight excluding hydrogens is 262 g/mol. The van der Waals surface area contributed by atoms with Crippen LogP contribution in [0.1, 0.15) is 18.1 Å². The second-order valence-corrected chi connectivity index (χ2v) is 4.52. The zero-order chi connectivity index (χ0) is 13.7.